The molecule has 194 valence electrons. The summed E-state index contributed by atoms with van der Waals surface area (Å²) >= 11 is 0. The predicted molar refractivity (Wildman–Crippen MR) is 133 cm³/mol. The maximum atomic E-state index is 12.5. The van der Waals surface area contributed by atoms with Gasteiger partial charge in [0.25, 0.3) is 0 Å². The van der Waals surface area contributed by atoms with Gasteiger partial charge in [0.05, 0.1) is 17.8 Å². The summed E-state index contributed by atoms with van der Waals surface area (Å²) in [7, 11) is 0. The van der Waals surface area contributed by atoms with Crippen molar-refractivity contribution in [1.82, 2.24) is 15.1 Å². The van der Waals surface area contributed by atoms with Crippen LogP contribution in [0.4, 0.5) is 0 Å². The van der Waals surface area contributed by atoms with Gasteiger partial charge in [-0.15, -0.1) is 0 Å². The monoisotopic (exact) mass is 475 g/mol. The van der Waals surface area contributed by atoms with E-state index in [1.807, 2.05) is 0 Å². The van der Waals surface area contributed by atoms with Gasteiger partial charge in [0.2, 0.25) is 0 Å². The largest absolute Gasteiger partial charge is 0.393 e. The van der Waals surface area contributed by atoms with Crippen molar-refractivity contribution < 1.29 is 15.3 Å². The Morgan fingerprint density at radius 3 is 2.29 bits per heavy atom. The van der Waals surface area contributed by atoms with E-state index in [4.69, 9.17) is 0 Å². The lowest BCUT2D eigenvalue weighted by molar-refractivity contribution is -0.252. The van der Waals surface area contributed by atoms with Crippen LogP contribution in [-0.4, -0.2) is 94.3 Å². The van der Waals surface area contributed by atoms with Gasteiger partial charge in [-0.2, -0.15) is 0 Å². The van der Waals surface area contributed by atoms with Gasteiger partial charge < -0.3 is 20.6 Å². The van der Waals surface area contributed by atoms with Crippen LogP contribution in [0.1, 0.15) is 78.1 Å². The molecule has 0 aromatic heterocycles. The highest BCUT2D eigenvalue weighted by atomic mass is 16.3. The molecule has 10 atom stereocenters. The number of piperidine rings is 1. The van der Waals surface area contributed by atoms with Crippen molar-refractivity contribution in [1.29, 1.82) is 0 Å². The molecule has 4 N–H and O–H groups in total. The van der Waals surface area contributed by atoms with Crippen LogP contribution in [0, 0.1) is 28.6 Å². The molecule has 5 unspecified atom stereocenters. The number of aliphatic hydroxyl groups is 3. The molecule has 0 bridgehead atoms. The van der Waals surface area contributed by atoms with Gasteiger partial charge in [-0.05, 0) is 87.6 Å². The topological polar surface area (TPSA) is 79.2 Å². The molecule has 4 saturated carbocycles. The Labute approximate surface area is 206 Å². The van der Waals surface area contributed by atoms with Gasteiger partial charge in [0.1, 0.15) is 0 Å². The summed E-state index contributed by atoms with van der Waals surface area (Å²) < 4.78 is 0. The standard InChI is InChI=1S/C28H49N3O3/c1-26-8-7-21-20(22(26)17-23(25(26)33)30-12-4-3-5-13-30)16-24(31-14-10-29-11-15-31)28(34)18-19(32)6-9-27(21,28)2/h19-25,29,32-34H,3-18H2,1-2H3/t19?,20-,21-,22+,23?,24?,25?,26+,27-,28?/m1/s1. The van der Waals surface area contributed by atoms with Gasteiger partial charge in [0, 0.05) is 50.1 Å². The van der Waals surface area contributed by atoms with E-state index >= 15 is 0 Å². The number of rotatable bonds is 2. The van der Waals surface area contributed by atoms with Gasteiger partial charge >= 0.3 is 0 Å². The van der Waals surface area contributed by atoms with Crippen LogP contribution in [-0.2, 0) is 0 Å². The molecule has 0 aromatic carbocycles. The van der Waals surface area contributed by atoms with E-state index in [1.54, 1.807) is 0 Å². The molecule has 6 rings (SSSR count). The number of fused-ring (bicyclic) bond motifs is 5. The molecule has 0 aromatic rings. The number of piperazine rings is 1. The molecule has 0 radical (unpaired) electrons. The lowest BCUT2D eigenvalue weighted by Gasteiger charge is -2.67. The molecule has 2 aliphatic heterocycles. The molecule has 4 aliphatic carbocycles. The van der Waals surface area contributed by atoms with Crippen LogP contribution >= 0.6 is 0 Å². The molecule has 2 saturated heterocycles. The third kappa shape index (κ3) is 3.42. The summed E-state index contributed by atoms with van der Waals surface area (Å²) in [6.07, 6.45) is 9.90. The number of aliphatic hydroxyl groups excluding tert-OH is 2. The second-order valence-electron chi connectivity index (χ2n) is 13.5. The fourth-order valence-electron chi connectivity index (χ4n) is 10.3. The highest BCUT2D eigenvalue weighted by Gasteiger charge is 2.69. The minimum Gasteiger partial charge on any atom is -0.393 e. The SMILES string of the molecule is C[C@]12CC[C@@H]3[C@@H](CC(N4CCNCC4)C4(O)CC(O)CC[C@]34C)[C@@H]1CC(N1CCCCC1)C2O. The molecular weight excluding hydrogens is 426 g/mol. The fraction of sp³-hybridized carbons (Fsp3) is 1.00. The Hall–Kier alpha value is -0.240. The van der Waals surface area contributed by atoms with E-state index in [-0.39, 0.29) is 29.1 Å². The molecule has 6 nitrogen and oxygen atoms in total. The molecule has 34 heavy (non-hydrogen) atoms. The van der Waals surface area contributed by atoms with E-state index in [0.717, 1.165) is 77.8 Å². The zero-order chi connectivity index (χ0) is 23.7. The zero-order valence-corrected chi connectivity index (χ0v) is 21.6. The molecule has 0 spiro atoms. The number of nitrogens with one attached hydrogen (secondary N) is 1. The fourth-order valence-corrected chi connectivity index (χ4v) is 10.3. The van der Waals surface area contributed by atoms with Crippen LogP contribution in [0.3, 0.4) is 0 Å². The van der Waals surface area contributed by atoms with E-state index < -0.39 is 5.60 Å². The highest BCUT2D eigenvalue weighted by molar-refractivity contribution is 5.20. The first kappa shape index (κ1) is 24.1. The molecular formula is C28H49N3O3. The Kier molecular flexibility index (Phi) is 6.15. The number of hydrogen-bond donors (Lipinski definition) is 4. The first-order chi connectivity index (χ1) is 16.3. The lowest BCUT2D eigenvalue weighted by Crippen LogP contribution is -2.73. The highest BCUT2D eigenvalue weighted by Crippen LogP contribution is 2.68. The molecule has 2 heterocycles. The van der Waals surface area contributed by atoms with E-state index in [0.29, 0.717) is 30.2 Å². The second kappa shape index (κ2) is 8.66. The van der Waals surface area contributed by atoms with Crippen LogP contribution < -0.4 is 5.32 Å². The van der Waals surface area contributed by atoms with Crippen molar-refractivity contribution in [3.63, 3.8) is 0 Å². The number of hydrogen-bond acceptors (Lipinski definition) is 6. The van der Waals surface area contributed by atoms with E-state index in [9.17, 15) is 15.3 Å². The van der Waals surface area contributed by atoms with Crippen LogP contribution in [0.5, 0.6) is 0 Å². The summed E-state index contributed by atoms with van der Waals surface area (Å²) in [5, 5.41) is 38.5. The summed E-state index contributed by atoms with van der Waals surface area (Å²) in [6.45, 7) is 11.0. The molecule has 6 heteroatoms. The Balaban J connectivity index is 1.35. The minimum absolute atomic E-state index is 0.00270. The van der Waals surface area contributed by atoms with E-state index in [1.165, 1.54) is 19.3 Å². The molecule has 6 fully saturated rings. The summed E-state index contributed by atoms with van der Waals surface area (Å²) in [4.78, 5) is 5.18. The normalized spacial score (nSPS) is 54.8. The minimum atomic E-state index is -0.819. The second-order valence-corrected chi connectivity index (χ2v) is 13.5. The van der Waals surface area contributed by atoms with Crippen molar-refractivity contribution in [2.75, 3.05) is 39.3 Å². The first-order valence-electron chi connectivity index (χ1n) is 14.6. The van der Waals surface area contributed by atoms with Crippen LogP contribution in [0.25, 0.3) is 0 Å². The third-order valence-corrected chi connectivity index (χ3v) is 12.3. The van der Waals surface area contributed by atoms with E-state index in [2.05, 4.69) is 29.0 Å². The van der Waals surface area contributed by atoms with Crippen molar-refractivity contribution in [3.8, 4) is 0 Å². The maximum Gasteiger partial charge on any atom is 0.0882 e. The van der Waals surface area contributed by atoms with Gasteiger partial charge in [-0.1, -0.05) is 20.3 Å². The Bertz CT molecular complexity index is 755. The summed E-state index contributed by atoms with van der Waals surface area (Å²) in [5.74, 6) is 1.59. The zero-order valence-electron chi connectivity index (χ0n) is 21.6. The van der Waals surface area contributed by atoms with Crippen molar-refractivity contribution in [2.24, 2.45) is 28.6 Å². The van der Waals surface area contributed by atoms with Gasteiger partial charge in [0.15, 0.2) is 0 Å². The quantitative estimate of drug-likeness (QED) is 0.491. The summed E-state index contributed by atoms with van der Waals surface area (Å²) in [5.41, 5.74) is -0.974. The number of nitrogens with zero attached hydrogens (tertiary/aromatic N) is 2. The predicted octanol–water partition coefficient (Wildman–Crippen LogP) is 2.21. The first-order valence-corrected chi connectivity index (χ1v) is 14.6. The molecule has 0 amide bonds. The summed E-state index contributed by atoms with van der Waals surface area (Å²) in [6, 6.07) is 0.429. The number of likely N-dealkylation sites (tertiary alicyclic amines) is 1. The van der Waals surface area contributed by atoms with Crippen molar-refractivity contribution in [3.05, 3.63) is 0 Å². The third-order valence-electron chi connectivity index (χ3n) is 12.3. The maximum absolute atomic E-state index is 12.5. The smallest absolute Gasteiger partial charge is 0.0882 e. The van der Waals surface area contributed by atoms with Crippen molar-refractivity contribution in [2.45, 2.75) is 108 Å². The van der Waals surface area contributed by atoms with Gasteiger partial charge in [-0.25, -0.2) is 0 Å². The lowest BCUT2D eigenvalue weighted by atomic mass is 9.42. The Morgan fingerprint density at radius 1 is 0.824 bits per heavy atom. The van der Waals surface area contributed by atoms with Crippen LogP contribution in [0.15, 0.2) is 0 Å². The van der Waals surface area contributed by atoms with Crippen molar-refractivity contribution >= 4 is 0 Å². The van der Waals surface area contributed by atoms with Gasteiger partial charge in [-0.3, -0.25) is 9.80 Å². The molecule has 6 aliphatic rings. The average molecular weight is 476 g/mol. The van der Waals surface area contributed by atoms with Crippen LogP contribution in [0.2, 0.25) is 0 Å². The average Bonchev–Trinajstić information content (AvgIpc) is 3.12. The Morgan fingerprint density at radius 2 is 1.56 bits per heavy atom.